The third kappa shape index (κ3) is 11.1. The van der Waals surface area contributed by atoms with Gasteiger partial charge in [0, 0.05) is 25.7 Å². The molecule has 4 nitrogen and oxygen atoms in total. The van der Waals surface area contributed by atoms with E-state index < -0.39 is 0 Å². The van der Waals surface area contributed by atoms with Crippen molar-refractivity contribution >= 4 is 0 Å². The average Bonchev–Trinajstić information content (AvgIpc) is 2.61. The Labute approximate surface area is 154 Å². The summed E-state index contributed by atoms with van der Waals surface area (Å²) in [6.45, 7) is 8.25. The minimum atomic E-state index is 0.647. The second-order valence-corrected chi connectivity index (χ2v) is 6.60. The summed E-state index contributed by atoms with van der Waals surface area (Å²) in [5.41, 5.74) is 6.74. The lowest BCUT2D eigenvalue weighted by molar-refractivity contribution is 0.289. The molecule has 0 aromatic heterocycles. The highest BCUT2D eigenvalue weighted by molar-refractivity contribution is 5.38. The molecule has 25 heavy (non-hydrogen) atoms. The van der Waals surface area contributed by atoms with Gasteiger partial charge in [-0.15, -0.1) is 0 Å². The minimum Gasteiger partial charge on any atom is -0.493 e. The van der Waals surface area contributed by atoms with Gasteiger partial charge in [-0.1, -0.05) is 52.4 Å². The van der Waals surface area contributed by atoms with E-state index in [4.69, 9.17) is 15.2 Å². The molecule has 0 saturated carbocycles. The van der Waals surface area contributed by atoms with Crippen LogP contribution in [0, 0.1) is 0 Å². The van der Waals surface area contributed by atoms with E-state index in [0.29, 0.717) is 6.54 Å². The quantitative estimate of drug-likeness (QED) is 0.426. The van der Waals surface area contributed by atoms with Gasteiger partial charge in [-0.2, -0.15) is 0 Å². The minimum absolute atomic E-state index is 0.647. The van der Waals surface area contributed by atoms with Crippen LogP contribution in [-0.4, -0.2) is 26.3 Å². The van der Waals surface area contributed by atoms with Gasteiger partial charge in [0.15, 0.2) is 0 Å². The van der Waals surface area contributed by atoms with Gasteiger partial charge in [0.2, 0.25) is 0 Å². The third-order valence-electron chi connectivity index (χ3n) is 4.12. The predicted octanol–water partition coefficient (Wildman–Crippen LogP) is 4.65. The molecule has 0 heterocycles. The predicted molar refractivity (Wildman–Crippen MR) is 106 cm³/mol. The van der Waals surface area contributed by atoms with Crippen LogP contribution in [0.25, 0.3) is 0 Å². The molecule has 144 valence electrons. The molecule has 0 aliphatic carbocycles. The van der Waals surface area contributed by atoms with Crippen molar-refractivity contribution in [2.24, 2.45) is 5.73 Å². The van der Waals surface area contributed by atoms with E-state index in [2.05, 4.69) is 31.3 Å². The molecule has 0 aliphatic heterocycles. The first-order chi connectivity index (χ1) is 12.3. The molecule has 0 fully saturated rings. The number of nitrogens with two attached hydrogens (primary N) is 1. The van der Waals surface area contributed by atoms with Crippen LogP contribution in [0.4, 0.5) is 0 Å². The van der Waals surface area contributed by atoms with Crippen molar-refractivity contribution in [1.82, 2.24) is 5.32 Å². The van der Waals surface area contributed by atoms with Crippen LogP contribution in [0.3, 0.4) is 0 Å². The van der Waals surface area contributed by atoms with Crippen LogP contribution in [0.5, 0.6) is 11.5 Å². The molecule has 4 heteroatoms. The van der Waals surface area contributed by atoms with Crippen molar-refractivity contribution in [3.8, 4) is 11.5 Å². The number of rotatable bonds is 16. The molecule has 1 aromatic rings. The maximum Gasteiger partial charge on any atom is 0.123 e. The maximum absolute atomic E-state index is 5.95. The molecule has 0 radical (unpaired) electrons. The Morgan fingerprint density at radius 1 is 0.800 bits per heavy atom. The summed E-state index contributed by atoms with van der Waals surface area (Å²) in [4.78, 5) is 0. The summed E-state index contributed by atoms with van der Waals surface area (Å²) in [5.74, 6) is 1.82. The van der Waals surface area contributed by atoms with Gasteiger partial charge in [-0.25, -0.2) is 0 Å². The van der Waals surface area contributed by atoms with E-state index in [1.807, 2.05) is 6.07 Å². The van der Waals surface area contributed by atoms with Crippen molar-refractivity contribution in [2.75, 3.05) is 26.3 Å². The van der Waals surface area contributed by atoms with Crippen LogP contribution < -0.4 is 20.5 Å². The Balaban J connectivity index is 2.53. The van der Waals surface area contributed by atoms with Gasteiger partial charge in [-0.3, -0.25) is 0 Å². The highest BCUT2D eigenvalue weighted by Crippen LogP contribution is 2.24. The van der Waals surface area contributed by atoms with E-state index in [-0.39, 0.29) is 0 Å². The first-order valence-electron chi connectivity index (χ1n) is 10.1. The maximum atomic E-state index is 5.95. The van der Waals surface area contributed by atoms with Crippen LogP contribution in [0.2, 0.25) is 0 Å². The summed E-state index contributed by atoms with van der Waals surface area (Å²) < 4.78 is 11.9. The first-order valence-corrected chi connectivity index (χ1v) is 10.1. The molecule has 0 aliphatic rings. The smallest absolute Gasteiger partial charge is 0.123 e. The zero-order valence-corrected chi connectivity index (χ0v) is 16.3. The first kappa shape index (κ1) is 21.8. The Kier molecular flexibility index (Phi) is 13.1. The van der Waals surface area contributed by atoms with E-state index in [0.717, 1.165) is 50.6 Å². The summed E-state index contributed by atoms with van der Waals surface area (Å²) in [6, 6.07) is 6.23. The van der Waals surface area contributed by atoms with Crippen LogP contribution in [0.1, 0.15) is 70.8 Å². The topological polar surface area (TPSA) is 56.5 Å². The van der Waals surface area contributed by atoms with Crippen molar-refractivity contribution in [3.05, 3.63) is 23.8 Å². The normalized spacial score (nSPS) is 10.8. The van der Waals surface area contributed by atoms with Gasteiger partial charge < -0.3 is 20.5 Å². The van der Waals surface area contributed by atoms with Crippen molar-refractivity contribution in [3.63, 3.8) is 0 Å². The fraction of sp³-hybridized carbons (Fsp3) is 0.714. The molecule has 0 amide bonds. The summed E-state index contributed by atoms with van der Waals surface area (Å²) >= 11 is 0. The molecule has 0 saturated heterocycles. The van der Waals surface area contributed by atoms with E-state index >= 15 is 0 Å². The lowest BCUT2D eigenvalue weighted by Crippen LogP contribution is -2.21. The van der Waals surface area contributed by atoms with Gasteiger partial charge >= 0.3 is 0 Å². The number of unbranched alkanes of at least 4 members (excludes halogenated alkanes) is 6. The second kappa shape index (κ2) is 15.0. The summed E-state index contributed by atoms with van der Waals surface area (Å²) in [6.07, 6.45) is 9.73. The number of nitrogens with one attached hydrogen (secondary N) is 1. The molecule has 1 aromatic carbocycles. The Bertz CT molecular complexity index is 406. The Hall–Kier alpha value is -1.26. The summed E-state index contributed by atoms with van der Waals surface area (Å²) in [7, 11) is 0. The standard InChI is InChI=1S/C21H38N2O2/c1-3-5-7-9-13-24-20-15-19(18-23-12-11-22)16-21(17-20)25-14-10-8-6-4-2/h15-17,23H,3-14,18,22H2,1-2H3. The van der Waals surface area contributed by atoms with Crippen molar-refractivity contribution < 1.29 is 9.47 Å². The molecular weight excluding hydrogens is 312 g/mol. The SMILES string of the molecule is CCCCCCOc1cc(CNCCN)cc(OCCCCCC)c1. The number of hydrogen-bond acceptors (Lipinski definition) is 4. The summed E-state index contributed by atoms with van der Waals surface area (Å²) in [5, 5.41) is 3.34. The van der Waals surface area contributed by atoms with Crippen LogP contribution in [0.15, 0.2) is 18.2 Å². The Morgan fingerprint density at radius 2 is 1.36 bits per heavy atom. The zero-order valence-electron chi connectivity index (χ0n) is 16.3. The van der Waals surface area contributed by atoms with Gasteiger partial charge in [0.1, 0.15) is 11.5 Å². The van der Waals surface area contributed by atoms with E-state index in [1.165, 1.54) is 44.1 Å². The highest BCUT2D eigenvalue weighted by Gasteiger charge is 2.04. The van der Waals surface area contributed by atoms with Gasteiger partial charge in [0.05, 0.1) is 13.2 Å². The molecular formula is C21H38N2O2. The van der Waals surface area contributed by atoms with Gasteiger partial charge in [0.25, 0.3) is 0 Å². The fourth-order valence-electron chi connectivity index (χ4n) is 2.67. The third-order valence-corrected chi connectivity index (χ3v) is 4.12. The average molecular weight is 351 g/mol. The molecule has 3 N–H and O–H groups in total. The lowest BCUT2D eigenvalue weighted by Gasteiger charge is -2.13. The number of ether oxygens (including phenoxy) is 2. The largest absolute Gasteiger partial charge is 0.493 e. The molecule has 1 rings (SSSR count). The van der Waals surface area contributed by atoms with Crippen molar-refractivity contribution in [2.45, 2.75) is 71.8 Å². The van der Waals surface area contributed by atoms with Crippen LogP contribution >= 0.6 is 0 Å². The molecule has 0 unspecified atom stereocenters. The van der Waals surface area contributed by atoms with Gasteiger partial charge in [-0.05, 0) is 30.5 Å². The highest BCUT2D eigenvalue weighted by atomic mass is 16.5. The Morgan fingerprint density at radius 3 is 1.84 bits per heavy atom. The van der Waals surface area contributed by atoms with E-state index in [1.54, 1.807) is 0 Å². The number of benzene rings is 1. The van der Waals surface area contributed by atoms with E-state index in [9.17, 15) is 0 Å². The zero-order chi connectivity index (χ0) is 18.2. The second-order valence-electron chi connectivity index (χ2n) is 6.60. The molecule has 0 bridgehead atoms. The lowest BCUT2D eigenvalue weighted by atomic mass is 10.2. The number of hydrogen-bond donors (Lipinski definition) is 2. The molecule has 0 atom stereocenters. The molecule has 0 spiro atoms. The van der Waals surface area contributed by atoms with Crippen molar-refractivity contribution in [1.29, 1.82) is 0 Å². The van der Waals surface area contributed by atoms with Crippen LogP contribution in [-0.2, 0) is 6.54 Å². The fourth-order valence-corrected chi connectivity index (χ4v) is 2.67. The monoisotopic (exact) mass is 350 g/mol.